The molecule has 2 unspecified atom stereocenters. The standard InChI is InChI=1S/C17H29N3O3S2/c1-13-5-8-20(9-6-13)15(16-4-3-10-24-16)12-19-17(21)14(18)7-11-25(2,22)23/h3-4,10,13-15H,5-9,11-12,18H2,1-2H3,(H,19,21). The van der Waals surface area contributed by atoms with Gasteiger partial charge in [-0.2, -0.15) is 0 Å². The van der Waals surface area contributed by atoms with E-state index in [9.17, 15) is 13.2 Å². The highest BCUT2D eigenvalue weighted by Gasteiger charge is 2.26. The molecule has 1 amide bonds. The van der Waals surface area contributed by atoms with E-state index in [-0.39, 0.29) is 24.1 Å². The highest BCUT2D eigenvalue weighted by atomic mass is 32.2. The monoisotopic (exact) mass is 387 g/mol. The molecule has 0 radical (unpaired) electrons. The van der Waals surface area contributed by atoms with E-state index >= 15 is 0 Å². The molecule has 0 spiro atoms. The molecule has 0 bridgehead atoms. The normalized spacial score (nSPS) is 19.5. The zero-order chi connectivity index (χ0) is 18.4. The van der Waals surface area contributed by atoms with Crippen LogP contribution in [0, 0.1) is 5.92 Å². The number of nitrogens with one attached hydrogen (secondary N) is 1. The fourth-order valence-corrected chi connectivity index (χ4v) is 4.57. The van der Waals surface area contributed by atoms with E-state index in [4.69, 9.17) is 5.73 Å². The third-order valence-electron chi connectivity index (χ3n) is 4.74. The maximum atomic E-state index is 12.2. The number of amides is 1. The number of carbonyl (C=O) groups is 1. The van der Waals surface area contributed by atoms with Gasteiger partial charge in [0.15, 0.2) is 0 Å². The first-order valence-electron chi connectivity index (χ1n) is 8.74. The fraction of sp³-hybridized carbons (Fsp3) is 0.706. The lowest BCUT2D eigenvalue weighted by Gasteiger charge is -2.36. The maximum Gasteiger partial charge on any atom is 0.237 e. The van der Waals surface area contributed by atoms with Crippen LogP contribution in [0.2, 0.25) is 0 Å². The molecule has 1 aliphatic heterocycles. The quantitative estimate of drug-likeness (QED) is 0.703. The molecule has 0 saturated carbocycles. The second kappa shape index (κ2) is 9.12. The van der Waals surface area contributed by atoms with Gasteiger partial charge in [0.05, 0.1) is 17.8 Å². The van der Waals surface area contributed by atoms with Gasteiger partial charge in [-0.05, 0) is 49.7 Å². The Morgan fingerprint density at radius 3 is 2.68 bits per heavy atom. The summed E-state index contributed by atoms with van der Waals surface area (Å²) >= 11 is 1.70. The number of carbonyl (C=O) groups excluding carboxylic acids is 1. The molecule has 0 aliphatic carbocycles. The Morgan fingerprint density at radius 2 is 2.12 bits per heavy atom. The first kappa shape index (κ1) is 20.4. The van der Waals surface area contributed by atoms with Gasteiger partial charge < -0.3 is 11.1 Å². The lowest BCUT2D eigenvalue weighted by Crippen LogP contribution is -2.46. The van der Waals surface area contributed by atoms with Crippen molar-refractivity contribution in [2.75, 3.05) is 31.6 Å². The molecule has 3 N–H and O–H groups in total. The molecule has 142 valence electrons. The van der Waals surface area contributed by atoms with Crippen molar-refractivity contribution in [2.24, 2.45) is 11.7 Å². The third-order valence-corrected chi connectivity index (χ3v) is 6.69. The molecule has 8 heteroatoms. The van der Waals surface area contributed by atoms with E-state index in [2.05, 4.69) is 28.6 Å². The molecule has 1 aromatic rings. The summed E-state index contributed by atoms with van der Waals surface area (Å²) in [5.41, 5.74) is 5.84. The molecule has 0 aromatic carbocycles. The van der Waals surface area contributed by atoms with E-state index in [1.165, 1.54) is 17.7 Å². The van der Waals surface area contributed by atoms with Crippen molar-refractivity contribution in [1.82, 2.24) is 10.2 Å². The van der Waals surface area contributed by atoms with Crippen LogP contribution in [0.4, 0.5) is 0 Å². The first-order valence-corrected chi connectivity index (χ1v) is 11.7. The van der Waals surface area contributed by atoms with Crippen LogP contribution in [0.15, 0.2) is 17.5 Å². The zero-order valence-corrected chi connectivity index (χ0v) is 16.6. The summed E-state index contributed by atoms with van der Waals surface area (Å²) < 4.78 is 22.4. The molecule has 1 aromatic heterocycles. The number of piperidine rings is 1. The molecular weight excluding hydrogens is 358 g/mol. The van der Waals surface area contributed by atoms with E-state index < -0.39 is 15.9 Å². The number of rotatable bonds is 8. The predicted molar refractivity (Wildman–Crippen MR) is 102 cm³/mol. The topological polar surface area (TPSA) is 92.5 Å². The van der Waals surface area contributed by atoms with Crippen LogP contribution in [0.5, 0.6) is 0 Å². The van der Waals surface area contributed by atoms with E-state index in [1.54, 1.807) is 11.3 Å². The summed E-state index contributed by atoms with van der Waals surface area (Å²) in [4.78, 5) is 15.9. The number of hydrogen-bond acceptors (Lipinski definition) is 6. The summed E-state index contributed by atoms with van der Waals surface area (Å²) in [7, 11) is -3.11. The van der Waals surface area contributed by atoms with E-state index in [0.717, 1.165) is 25.3 Å². The maximum absolute atomic E-state index is 12.2. The Morgan fingerprint density at radius 1 is 1.44 bits per heavy atom. The number of thiophene rings is 1. The molecule has 2 rings (SSSR count). The van der Waals surface area contributed by atoms with Crippen molar-refractivity contribution in [3.05, 3.63) is 22.4 Å². The Balaban J connectivity index is 1.92. The van der Waals surface area contributed by atoms with Crippen molar-refractivity contribution in [3.63, 3.8) is 0 Å². The number of likely N-dealkylation sites (tertiary alicyclic amines) is 1. The van der Waals surface area contributed by atoms with Gasteiger partial charge in [0.1, 0.15) is 9.84 Å². The minimum Gasteiger partial charge on any atom is -0.353 e. The van der Waals surface area contributed by atoms with Crippen LogP contribution in [0.1, 0.15) is 37.1 Å². The third kappa shape index (κ3) is 6.69. The summed E-state index contributed by atoms with van der Waals surface area (Å²) in [6.07, 6.45) is 3.64. The van der Waals surface area contributed by atoms with Gasteiger partial charge in [-0.15, -0.1) is 11.3 Å². The first-order chi connectivity index (χ1) is 11.8. The Bertz CT molecular complexity index is 638. The van der Waals surface area contributed by atoms with Gasteiger partial charge in [0.25, 0.3) is 0 Å². The summed E-state index contributed by atoms with van der Waals surface area (Å²) in [5, 5.41) is 4.97. The van der Waals surface area contributed by atoms with Crippen molar-refractivity contribution in [2.45, 2.75) is 38.3 Å². The summed E-state index contributed by atoms with van der Waals surface area (Å²) in [6.45, 7) is 4.83. The highest BCUT2D eigenvalue weighted by Crippen LogP contribution is 2.29. The summed E-state index contributed by atoms with van der Waals surface area (Å²) in [6, 6.07) is 3.49. The van der Waals surface area contributed by atoms with Crippen molar-refractivity contribution in [1.29, 1.82) is 0 Å². The molecule has 6 nitrogen and oxygen atoms in total. The van der Waals surface area contributed by atoms with Crippen molar-refractivity contribution in [3.8, 4) is 0 Å². The Kier molecular flexibility index (Phi) is 7.42. The lowest BCUT2D eigenvalue weighted by molar-refractivity contribution is -0.122. The molecular formula is C17H29N3O3S2. The minimum absolute atomic E-state index is 0.0695. The second-order valence-corrected chi connectivity index (χ2v) is 10.3. The molecule has 1 saturated heterocycles. The van der Waals surface area contributed by atoms with Gasteiger partial charge in [0, 0.05) is 17.7 Å². The minimum atomic E-state index is -3.11. The number of nitrogens with zero attached hydrogens (tertiary/aromatic N) is 1. The smallest absolute Gasteiger partial charge is 0.237 e. The van der Waals surface area contributed by atoms with Crippen molar-refractivity contribution >= 4 is 27.1 Å². The predicted octanol–water partition coefficient (Wildman–Crippen LogP) is 1.40. The second-order valence-electron chi connectivity index (χ2n) is 7.02. The van der Waals surface area contributed by atoms with Crippen LogP contribution in [0.3, 0.4) is 0 Å². The fourth-order valence-electron chi connectivity index (χ4n) is 3.03. The largest absolute Gasteiger partial charge is 0.353 e. The van der Waals surface area contributed by atoms with E-state index in [1.807, 2.05) is 6.07 Å². The number of nitrogens with two attached hydrogens (primary N) is 1. The van der Waals surface area contributed by atoms with E-state index in [0.29, 0.717) is 6.54 Å². The zero-order valence-electron chi connectivity index (χ0n) is 15.0. The van der Waals surface area contributed by atoms with Crippen LogP contribution in [-0.2, 0) is 14.6 Å². The van der Waals surface area contributed by atoms with Gasteiger partial charge in [-0.25, -0.2) is 8.42 Å². The summed E-state index contributed by atoms with van der Waals surface area (Å²) in [5.74, 6) is 0.398. The van der Waals surface area contributed by atoms with Gasteiger partial charge >= 0.3 is 0 Å². The van der Waals surface area contributed by atoms with Gasteiger partial charge in [-0.3, -0.25) is 9.69 Å². The lowest BCUT2D eigenvalue weighted by atomic mass is 9.97. The average Bonchev–Trinajstić information content (AvgIpc) is 3.07. The van der Waals surface area contributed by atoms with Crippen LogP contribution >= 0.6 is 11.3 Å². The number of sulfone groups is 1. The highest BCUT2D eigenvalue weighted by molar-refractivity contribution is 7.90. The van der Waals surface area contributed by atoms with Crippen molar-refractivity contribution < 1.29 is 13.2 Å². The Hall–Kier alpha value is -0.960. The molecule has 25 heavy (non-hydrogen) atoms. The van der Waals surface area contributed by atoms with Crippen LogP contribution < -0.4 is 11.1 Å². The SMILES string of the molecule is CC1CCN(C(CNC(=O)C(N)CCS(C)(=O)=O)c2cccs2)CC1. The van der Waals surface area contributed by atoms with Gasteiger partial charge in [0.2, 0.25) is 5.91 Å². The molecule has 1 fully saturated rings. The average molecular weight is 388 g/mol. The van der Waals surface area contributed by atoms with Crippen LogP contribution in [-0.4, -0.2) is 56.9 Å². The van der Waals surface area contributed by atoms with Gasteiger partial charge in [-0.1, -0.05) is 13.0 Å². The number of hydrogen-bond donors (Lipinski definition) is 2. The molecule has 2 atom stereocenters. The van der Waals surface area contributed by atoms with Crippen LogP contribution in [0.25, 0.3) is 0 Å². The molecule has 1 aliphatic rings. The Labute approximate surface area is 154 Å². The molecule has 2 heterocycles.